The molecule has 7 heteroatoms. The molecule has 1 aromatic heterocycles. The molecule has 0 radical (unpaired) electrons. The van der Waals surface area contributed by atoms with Crippen molar-refractivity contribution in [2.24, 2.45) is 17.6 Å². The molecular formula is C22H28N4O3. The number of hydrogen-bond donors (Lipinski definition) is 3. The van der Waals surface area contributed by atoms with Gasteiger partial charge in [-0.1, -0.05) is 6.92 Å². The number of nitrogens with zero attached hydrogens (tertiary/aromatic N) is 2. The van der Waals surface area contributed by atoms with Crippen LogP contribution in [0.1, 0.15) is 48.7 Å². The fraction of sp³-hybridized carbons (Fsp3) is 0.455. The number of primary amides is 1. The van der Waals surface area contributed by atoms with E-state index in [1.807, 2.05) is 24.3 Å². The van der Waals surface area contributed by atoms with Crippen LogP contribution in [0.15, 0.2) is 36.5 Å². The number of carbonyl (C=O) groups is 1. The first-order chi connectivity index (χ1) is 13.9. The summed E-state index contributed by atoms with van der Waals surface area (Å²) in [4.78, 5) is 18.4. The number of amides is 1. The summed E-state index contributed by atoms with van der Waals surface area (Å²) in [6, 6.07) is 9.37. The Hall–Kier alpha value is -2.80. The number of nitrogens with one attached hydrogen (secondary N) is 1. The second kappa shape index (κ2) is 7.55. The van der Waals surface area contributed by atoms with Crippen molar-refractivity contribution in [2.75, 3.05) is 17.3 Å². The van der Waals surface area contributed by atoms with E-state index in [9.17, 15) is 9.90 Å². The number of aliphatic hydroxyl groups excluding tert-OH is 1. The molecular weight excluding hydrogens is 368 g/mol. The molecule has 7 nitrogen and oxygen atoms in total. The fourth-order valence-electron chi connectivity index (χ4n) is 4.59. The van der Waals surface area contributed by atoms with Crippen LogP contribution >= 0.6 is 0 Å². The van der Waals surface area contributed by atoms with Gasteiger partial charge < -0.3 is 25.8 Å². The summed E-state index contributed by atoms with van der Waals surface area (Å²) in [6.45, 7) is 3.99. The summed E-state index contributed by atoms with van der Waals surface area (Å²) in [6.07, 6.45) is 3.39. The van der Waals surface area contributed by atoms with Crippen molar-refractivity contribution in [1.29, 1.82) is 0 Å². The highest BCUT2D eigenvalue weighted by molar-refractivity contribution is 5.93. The molecule has 1 fully saturated rings. The largest absolute Gasteiger partial charge is 0.495 e. The van der Waals surface area contributed by atoms with E-state index >= 15 is 0 Å². The first-order valence-corrected chi connectivity index (χ1v) is 10.1. The van der Waals surface area contributed by atoms with E-state index in [4.69, 9.17) is 10.5 Å². The normalized spacial score (nSPS) is 24.6. The molecule has 4 rings (SSSR count). The summed E-state index contributed by atoms with van der Waals surface area (Å²) < 4.78 is 5.20. The van der Waals surface area contributed by atoms with Crippen molar-refractivity contribution in [1.82, 2.24) is 4.98 Å². The minimum absolute atomic E-state index is 0.0641. The Kier molecular flexibility index (Phi) is 5.08. The van der Waals surface area contributed by atoms with E-state index in [1.165, 1.54) is 12.8 Å². The molecule has 1 saturated carbocycles. The lowest BCUT2D eigenvalue weighted by Crippen LogP contribution is -2.52. The molecule has 2 aromatic rings. The van der Waals surface area contributed by atoms with Crippen LogP contribution < -0.4 is 20.7 Å². The number of nitrogens with two attached hydrogens (primary N) is 1. The number of rotatable bonds is 6. The van der Waals surface area contributed by atoms with E-state index < -0.39 is 12.1 Å². The predicted molar refractivity (Wildman–Crippen MR) is 112 cm³/mol. The Morgan fingerprint density at radius 1 is 1.34 bits per heavy atom. The number of benzene rings is 1. The smallest absolute Gasteiger partial charge is 0.248 e. The van der Waals surface area contributed by atoms with E-state index in [0.717, 1.165) is 17.1 Å². The van der Waals surface area contributed by atoms with E-state index in [0.29, 0.717) is 17.2 Å². The van der Waals surface area contributed by atoms with Gasteiger partial charge in [0.2, 0.25) is 5.91 Å². The lowest BCUT2D eigenvalue weighted by molar-refractivity contribution is 0.1000. The van der Waals surface area contributed by atoms with Crippen molar-refractivity contribution in [3.63, 3.8) is 0 Å². The fourth-order valence-corrected chi connectivity index (χ4v) is 4.59. The van der Waals surface area contributed by atoms with Crippen LogP contribution in [0.2, 0.25) is 0 Å². The molecule has 1 aliphatic heterocycles. The van der Waals surface area contributed by atoms with Crippen molar-refractivity contribution in [2.45, 2.75) is 45.0 Å². The van der Waals surface area contributed by atoms with Gasteiger partial charge in [0.1, 0.15) is 17.8 Å². The third-order valence-electron chi connectivity index (χ3n) is 6.09. The zero-order valence-electron chi connectivity index (χ0n) is 17.0. The Labute approximate surface area is 170 Å². The molecule has 1 aliphatic carbocycles. The Morgan fingerprint density at radius 2 is 2.10 bits per heavy atom. The first kappa shape index (κ1) is 19.5. The van der Waals surface area contributed by atoms with Gasteiger partial charge in [-0.2, -0.15) is 0 Å². The maximum absolute atomic E-state index is 11.8. The number of fused-ring (bicyclic) bond motifs is 1. The van der Waals surface area contributed by atoms with Crippen LogP contribution in [0.25, 0.3) is 0 Å². The monoisotopic (exact) mass is 396 g/mol. The van der Waals surface area contributed by atoms with Crippen LogP contribution in [-0.4, -0.2) is 35.4 Å². The van der Waals surface area contributed by atoms with E-state index in [2.05, 4.69) is 22.1 Å². The maximum atomic E-state index is 11.8. The maximum Gasteiger partial charge on any atom is 0.248 e. The third kappa shape index (κ3) is 3.62. The average molecular weight is 396 g/mol. The molecule has 4 atom stereocenters. The van der Waals surface area contributed by atoms with Crippen LogP contribution in [0.5, 0.6) is 5.75 Å². The van der Waals surface area contributed by atoms with Crippen LogP contribution in [0.4, 0.5) is 11.5 Å². The van der Waals surface area contributed by atoms with Gasteiger partial charge in [-0.15, -0.1) is 0 Å². The summed E-state index contributed by atoms with van der Waals surface area (Å²) >= 11 is 0. The Bertz CT molecular complexity index is 895. The number of ether oxygens (including phenoxy) is 1. The highest BCUT2D eigenvalue weighted by atomic mass is 16.5. The second-order valence-corrected chi connectivity index (χ2v) is 8.07. The lowest BCUT2D eigenvalue weighted by Gasteiger charge is -2.48. The van der Waals surface area contributed by atoms with Gasteiger partial charge in [-0.05, 0) is 61.6 Å². The van der Waals surface area contributed by atoms with Crippen LogP contribution in [-0.2, 0) is 0 Å². The third-order valence-corrected chi connectivity index (χ3v) is 6.09. The second-order valence-electron chi connectivity index (χ2n) is 8.07. The Morgan fingerprint density at radius 3 is 2.66 bits per heavy atom. The van der Waals surface area contributed by atoms with Gasteiger partial charge in [0.15, 0.2) is 0 Å². The van der Waals surface area contributed by atoms with E-state index in [-0.39, 0.29) is 18.0 Å². The van der Waals surface area contributed by atoms with Crippen molar-refractivity contribution in [3.8, 4) is 5.75 Å². The van der Waals surface area contributed by atoms with Gasteiger partial charge in [-0.25, -0.2) is 4.98 Å². The van der Waals surface area contributed by atoms with Crippen LogP contribution in [0.3, 0.4) is 0 Å². The minimum atomic E-state index is -0.624. The SMILES string of the molecule is COc1ccc(N[C@H]2c3cc(C(N)=O)ccc3N(C(C)O)[C@@H](C3CC3)[C@@H]2C)nc1. The molecule has 2 aliphatic rings. The number of methoxy groups -OCH3 is 1. The number of carbonyl (C=O) groups excluding carboxylic acids is 1. The minimum Gasteiger partial charge on any atom is -0.495 e. The summed E-state index contributed by atoms with van der Waals surface area (Å²) in [5.41, 5.74) is 7.89. The van der Waals surface area contributed by atoms with E-state index in [1.54, 1.807) is 26.3 Å². The highest BCUT2D eigenvalue weighted by Crippen LogP contribution is 2.50. The number of pyridine rings is 1. The topological polar surface area (TPSA) is 101 Å². The van der Waals surface area contributed by atoms with Gasteiger partial charge in [0.25, 0.3) is 0 Å². The Balaban J connectivity index is 1.78. The molecule has 4 N–H and O–H groups in total. The molecule has 0 saturated heterocycles. The van der Waals surface area contributed by atoms with Gasteiger partial charge in [0.05, 0.1) is 19.3 Å². The lowest BCUT2D eigenvalue weighted by atomic mass is 9.79. The summed E-state index contributed by atoms with van der Waals surface area (Å²) in [7, 11) is 1.61. The van der Waals surface area contributed by atoms with Gasteiger partial charge in [-0.3, -0.25) is 4.79 Å². The number of anilines is 2. The molecule has 154 valence electrons. The summed E-state index contributed by atoms with van der Waals surface area (Å²) in [5.74, 6) is 1.71. The first-order valence-electron chi connectivity index (χ1n) is 10.1. The number of aliphatic hydroxyl groups is 1. The molecule has 1 amide bonds. The van der Waals surface area contributed by atoms with Crippen molar-refractivity contribution < 1.29 is 14.6 Å². The molecule has 29 heavy (non-hydrogen) atoms. The van der Waals surface area contributed by atoms with Crippen molar-refractivity contribution >= 4 is 17.4 Å². The van der Waals surface area contributed by atoms with Gasteiger partial charge in [0, 0.05) is 23.2 Å². The zero-order chi connectivity index (χ0) is 20.7. The molecule has 0 bridgehead atoms. The molecule has 0 spiro atoms. The van der Waals surface area contributed by atoms with Crippen LogP contribution in [0, 0.1) is 11.8 Å². The highest BCUT2D eigenvalue weighted by Gasteiger charge is 2.47. The van der Waals surface area contributed by atoms with Gasteiger partial charge >= 0.3 is 0 Å². The molecule has 1 unspecified atom stereocenters. The number of hydrogen-bond acceptors (Lipinski definition) is 6. The zero-order valence-corrected chi connectivity index (χ0v) is 17.0. The average Bonchev–Trinajstić information content (AvgIpc) is 3.54. The molecule has 2 heterocycles. The molecule has 1 aromatic carbocycles. The summed E-state index contributed by atoms with van der Waals surface area (Å²) in [5, 5.41) is 14.1. The quantitative estimate of drug-likeness (QED) is 0.694. The standard InChI is InChI=1S/C22H28N4O3/c1-12-20(25-19-9-7-16(29-3)11-24-19)17-10-15(22(23)28)6-8-18(17)26(13(2)27)21(12)14-4-5-14/h6-14,20-21,27H,4-5H2,1-3H3,(H2,23,28)(H,24,25)/t12-,13?,20-,21-/m1/s1. The van der Waals surface area contributed by atoms with Crippen molar-refractivity contribution in [3.05, 3.63) is 47.7 Å². The predicted octanol–water partition coefficient (Wildman–Crippen LogP) is 2.92. The number of aromatic nitrogens is 1.